The zero-order valence-corrected chi connectivity index (χ0v) is 15.0. The van der Waals surface area contributed by atoms with E-state index in [2.05, 4.69) is 22.1 Å². The molecule has 0 fully saturated rings. The van der Waals surface area contributed by atoms with Crippen molar-refractivity contribution in [3.63, 3.8) is 0 Å². The van der Waals surface area contributed by atoms with E-state index in [4.69, 9.17) is 0 Å². The Morgan fingerprint density at radius 1 is 1.21 bits per heavy atom. The fourth-order valence-electron chi connectivity index (χ4n) is 2.31. The summed E-state index contributed by atoms with van der Waals surface area (Å²) in [6, 6.07) is 9.18. The van der Waals surface area contributed by atoms with Gasteiger partial charge in [0.2, 0.25) is 5.91 Å². The first-order chi connectivity index (χ1) is 11.5. The van der Waals surface area contributed by atoms with E-state index in [0.29, 0.717) is 5.69 Å². The van der Waals surface area contributed by atoms with E-state index in [-0.39, 0.29) is 24.4 Å². The molecule has 3 amide bonds. The number of anilines is 1. The normalized spacial score (nSPS) is 11.6. The average Bonchev–Trinajstić information content (AvgIpc) is 3.01. The summed E-state index contributed by atoms with van der Waals surface area (Å²) in [5.74, 6) is -0.00418. The number of hydrogen-bond donors (Lipinski definition) is 2. The number of rotatable bonds is 6. The lowest BCUT2D eigenvalue weighted by Crippen LogP contribution is -2.37. The van der Waals surface area contributed by atoms with E-state index in [1.807, 2.05) is 30.5 Å². The molecule has 1 aromatic carbocycles. The van der Waals surface area contributed by atoms with Crippen LogP contribution in [0.15, 0.2) is 41.1 Å². The molecular weight excluding hydrogens is 322 g/mol. The van der Waals surface area contributed by atoms with Gasteiger partial charge in [0.1, 0.15) is 0 Å². The van der Waals surface area contributed by atoms with Gasteiger partial charge in [0.15, 0.2) is 0 Å². The van der Waals surface area contributed by atoms with Crippen molar-refractivity contribution >= 4 is 29.0 Å². The molecule has 24 heavy (non-hydrogen) atoms. The summed E-state index contributed by atoms with van der Waals surface area (Å²) in [7, 11) is 3.44. The van der Waals surface area contributed by atoms with E-state index in [1.54, 1.807) is 36.4 Å². The maximum Gasteiger partial charge on any atom is 0.319 e. The molecule has 0 saturated heterocycles. The number of amides is 3. The third-order valence-corrected chi connectivity index (χ3v) is 4.34. The number of urea groups is 1. The summed E-state index contributed by atoms with van der Waals surface area (Å²) < 4.78 is 0. The summed E-state index contributed by atoms with van der Waals surface area (Å²) in [6.07, 6.45) is 1.05. The number of nitrogens with one attached hydrogen (secondary N) is 2. The Kier molecular flexibility index (Phi) is 6.37. The van der Waals surface area contributed by atoms with Gasteiger partial charge in [0, 0.05) is 25.8 Å². The van der Waals surface area contributed by atoms with Crippen LogP contribution in [0.25, 0.3) is 0 Å². The van der Waals surface area contributed by atoms with Crippen LogP contribution in [0.1, 0.15) is 18.1 Å². The maximum absolute atomic E-state index is 12.2. The second-order valence-electron chi connectivity index (χ2n) is 5.96. The van der Waals surface area contributed by atoms with Gasteiger partial charge in [-0.1, -0.05) is 18.2 Å². The van der Waals surface area contributed by atoms with Crippen molar-refractivity contribution in [2.75, 3.05) is 19.4 Å². The van der Waals surface area contributed by atoms with Crippen LogP contribution in [-0.4, -0.2) is 37.0 Å². The van der Waals surface area contributed by atoms with Crippen molar-refractivity contribution in [2.24, 2.45) is 0 Å². The lowest BCUT2D eigenvalue weighted by molar-refractivity contribution is -0.127. The van der Waals surface area contributed by atoms with Gasteiger partial charge >= 0.3 is 6.03 Å². The summed E-state index contributed by atoms with van der Waals surface area (Å²) in [6.45, 7) is 1.97. The third-order valence-electron chi connectivity index (χ3n) is 3.61. The van der Waals surface area contributed by atoms with Crippen molar-refractivity contribution < 1.29 is 9.59 Å². The Morgan fingerprint density at radius 3 is 2.62 bits per heavy atom. The number of likely N-dealkylation sites (N-methyl/N-ethyl adjacent to an activating group) is 1. The topological polar surface area (TPSA) is 61.4 Å². The minimum Gasteiger partial charge on any atom is -0.349 e. The highest BCUT2D eigenvalue weighted by atomic mass is 32.1. The smallest absolute Gasteiger partial charge is 0.319 e. The molecule has 5 nitrogen and oxygen atoms in total. The number of hydrogen-bond acceptors (Lipinski definition) is 3. The van der Waals surface area contributed by atoms with E-state index in [0.717, 1.165) is 12.0 Å². The van der Waals surface area contributed by atoms with E-state index in [9.17, 15) is 9.59 Å². The molecule has 6 heteroatoms. The SMILES string of the molecule is CC(Cc1ccsc1)NC(=O)Nc1ccccc1CC(=O)N(C)C. The van der Waals surface area contributed by atoms with Crippen molar-refractivity contribution in [3.8, 4) is 0 Å². The first-order valence-electron chi connectivity index (χ1n) is 7.82. The van der Waals surface area contributed by atoms with E-state index >= 15 is 0 Å². The molecule has 1 heterocycles. The molecule has 2 N–H and O–H groups in total. The molecule has 0 radical (unpaired) electrons. The van der Waals surface area contributed by atoms with Crippen molar-refractivity contribution in [1.82, 2.24) is 10.2 Å². The Bertz CT molecular complexity index is 683. The van der Waals surface area contributed by atoms with Crippen LogP contribution >= 0.6 is 11.3 Å². The molecule has 0 aliphatic carbocycles. The van der Waals surface area contributed by atoms with Gasteiger partial charge in [-0.25, -0.2) is 4.79 Å². The van der Waals surface area contributed by atoms with Gasteiger partial charge in [-0.05, 0) is 47.4 Å². The minimum absolute atomic E-state index is 0.00418. The molecule has 0 aliphatic rings. The molecule has 1 aromatic heterocycles. The molecule has 0 saturated carbocycles. The molecule has 0 spiro atoms. The zero-order valence-electron chi connectivity index (χ0n) is 14.2. The lowest BCUT2D eigenvalue weighted by Gasteiger charge is -2.16. The Morgan fingerprint density at radius 2 is 1.96 bits per heavy atom. The summed E-state index contributed by atoms with van der Waals surface area (Å²) >= 11 is 1.65. The second-order valence-corrected chi connectivity index (χ2v) is 6.74. The first kappa shape index (κ1) is 18.0. The average molecular weight is 345 g/mol. The number of para-hydroxylation sites is 1. The van der Waals surface area contributed by atoms with Crippen LogP contribution in [0, 0.1) is 0 Å². The summed E-state index contributed by atoms with van der Waals surface area (Å²) in [5.41, 5.74) is 2.68. The van der Waals surface area contributed by atoms with Crippen LogP contribution in [0.4, 0.5) is 10.5 Å². The van der Waals surface area contributed by atoms with Gasteiger partial charge < -0.3 is 15.5 Å². The second kappa shape index (κ2) is 8.49. The summed E-state index contributed by atoms with van der Waals surface area (Å²) in [5, 5.41) is 9.89. The fourth-order valence-corrected chi connectivity index (χ4v) is 2.99. The van der Waals surface area contributed by atoms with Gasteiger partial charge in [-0.3, -0.25) is 4.79 Å². The third kappa shape index (κ3) is 5.38. The van der Waals surface area contributed by atoms with Crippen LogP contribution in [0.5, 0.6) is 0 Å². The van der Waals surface area contributed by atoms with Crippen LogP contribution in [0.2, 0.25) is 0 Å². The van der Waals surface area contributed by atoms with Crippen molar-refractivity contribution in [1.29, 1.82) is 0 Å². The Balaban J connectivity index is 1.94. The zero-order chi connectivity index (χ0) is 17.5. The van der Waals surface area contributed by atoms with Crippen molar-refractivity contribution in [2.45, 2.75) is 25.8 Å². The Hall–Kier alpha value is -2.34. The minimum atomic E-state index is -0.262. The molecule has 1 atom stereocenters. The number of benzene rings is 1. The van der Waals surface area contributed by atoms with Gasteiger partial charge in [0.25, 0.3) is 0 Å². The molecular formula is C18H23N3O2S. The van der Waals surface area contributed by atoms with Gasteiger partial charge in [0.05, 0.1) is 6.42 Å². The lowest BCUT2D eigenvalue weighted by atomic mass is 10.1. The number of nitrogens with zero attached hydrogens (tertiary/aromatic N) is 1. The molecule has 0 bridgehead atoms. The molecule has 0 aliphatic heterocycles. The highest BCUT2D eigenvalue weighted by Crippen LogP contribution is 2.16. The van der Waals surface area contributed by atoms with Gasteiger partial charge in [-0.15, -0.1) is 0 Å². The predicted octanol–water partition coefficient (Wildman–Crippen LogP) is 3.13. The molecule has 2 rings (SSSR count). The highest BCUT2D eigenvalue weighted by molar-refractivity contribution is 7.07. The standard InChI is InChI=1S/C18H23N3O2S/c1-13(10-14-8-9-24-12-14)19-18(23)20-16-7-5-4-6-15(16)11-17(22)21(2)3/h4-9,12-13H,10-11H2,1-3H3,(H2,19,20,23). The quantitative estimate of drug-likeness (QED) is 0.845. The van der Waals surface area contributed by atoms with Crippen LogP contribution < -0.4 is 10.6 Å². The first-order valence-corrected chi connectivity index (χ1v) is 8.76. The summed E-state index contributed by atoms with van der Waals surface area (Å²) in [4.78, 5) is 25.7. The number of thiophene rings is 1. The number of carbonyl (C=O) groups excluding carboxylic acids is 2. The molecule has 2 aromatic rings. The van der Waals surface area contributed by atoms with Gasteiger partial charge in [-0.2, -0.15) is 11.3 Å². The van der Waals surface area contributed by atoms with Crippen LogP contribution in [-0.2, 0) is 17.6 Å². The molecule has 128 valence electrons. The largest absolute Gasteiger partial charge is 0.349 e. The van der Waals surface area contributed by atoms with Crippen LogP contribution in [0.3, 0.4) is 0 Å². The molecule has 1 unspecified atom stereocenters. The predicted molar refractivity (Wildman–Crippen MR) is 98.5 cm³/mol. The van der Waals surface area contributed by atoms with E-state index < -0.39 is 0 Å². The maximum atomic E-state index is 12.2. The van der Waals surface area contributed by atoms with Crippen molar-refractivity contribution in [3.05, 3.63) is 52.2 Å². The Labute approximate surface area is 146 Å². The highest BCUT2D eigenvalue weighted by Gasteiger charge is 2.13. The number of carbonyl (C=O) groups is 2. The van der Waals surface area contributed by atoms with E-state index in [1.165, 1.54) is 5.56 Å². The monoisotopic (exact) mass is 345 g/mol. The fraction of sp³-hybridized carbons (Fsp3) is 0.333.